The molecule has 0 amide bonds. The molecule has 2 N–H and O–H groups in total. The summed E-state index contributed by atoms with van der Waals surface area (Å²) in [6.07, 6.45) is 6.35. The summed E-state index contributed by atoms with van der Waals surface area (Å²) in [4.78, 5) is 0. The number of aromatic nitrogens is 2. The molecule has 110 valence electrons. The molecule has 1 aromatic heterocycles. The zero-order chi connectivity index (χ0) is 14.4. The van der Waals surface area contributed by atoms with Crippen LogP contribution in [0.4, 0.5) is 0 Å². The van der Waals surface area contributed by atoms with Crippen LogP contribution in [0.2, 0.25) is 0 Å². The first-order valence-corrected chi connectivity index (χ1v) is 7.60. The lowest BCUT2D eigenvalue weighted by Gasteiger charge is -2.32. The first-order valence-electron chi connectivity index (χ1n) is 7.60. The van der Waals surface area contributed by atoms with Crippen LogP contribution in [0.15, 0.2) is 12.4 Å². The second-order valence-corrected chi connectivity index (χ2v) is 6.94. The number of hydrogen-bond donors (Lipinski definition) is 1. The molecular formula is C14H25BN3O2+. The highest BCUT2D eigenvalue weighted by Crippen LogP contribution is 2.36. The fourth-order valence-corrected chi connectivity index (χ4v) is 2.83. The third-order valence-electron chi connectivity index (χ3n) is 4.93. The molecule has 0 spiro atoms. The summed E-state index contributed by atoms with van der Waals surface area (Å²) >= 11 is 0. The molecule has 3 heterocycles. The highest BCUT2D eigenvalue weighted by molar-refractivity contribution is 6.61. The van der Waals surface area contributed by atoms with Crippen LogP contribution in [0.1, 0.15) is 46.6 Å². The fourth-order valence-electron chi connectivity index (χ4n) is 2.83. The van der Waals surface area contributed by atoms with Crippen molar-refractivity contribution >= 4 is 12.6 Å². The van der Waals surface area contributed by atoms with Crippen LogP contribution in [0.5, 0.6) is 0 Å². The predicted molar refractivity (Wildman–Crippen MR) is 77.9 cm³/mol. The van der Waals surface area contributed by atoms with Gasteiger partial charge < -0.3 is 14.6 Å². The summed E-state index contributed by atoms with van der Waals surface area (Å²) in [6, 6.07) is 0.524. The summed E-state index contributed by atoms with van der Waals surface area (Å²) in [6.45, 7) is 10.7. The summed E-state index contributed by atoms with van der Waals surface area (Å²) in [5, 5.41) is 6.89. The first kappa shape index (κ1) is 14.1. The van der Waals surface area contributed by atoms with Crippen molar-refractivity contribution in [3.05, 3.63) is 12.4 Å². The zero-order valence-corrected chi connectivity index (χ0v) is 12.9. The summed E-state index contributed by atoms with van der Waals surface area (Å²) in [5.41, 5.74) is 0.442. The number of nitrogens with two attached hydrogens (primary N) is 1. The number of piperidine rings is 1. The van der Waals surface area contributed by atoms with Crippen LogP contribution in [0.3, 0.4) is 0 Å². The maximum atomic E-state index is 6.07. The molecule has 0 bridgehead atoms. The maximum Gasteiger partial charge on any atom is 0.498 e. The van der Waals surface area contributed by atoms with Crippen molar-refractivity contribution in [3.63, 3.8) is 0 Å². The third-order valence-corrected chi connectivity index (χ3v) is 4.93. The molecule has 20 heavy (non-hydrogen) atoms. The van der Waals surface area contributed by atoms with Gasteiger partial charge in [-0.25, -0.2) is 0 Å². The average Bonchev–Trinajstić information content (AvgIpc) is 2.94. The molecule has 2 fully saturated rings. The quantitative estimate of drug-likeness (QED) is 0.780. The van der Waals surface area contributed by atoms with Crippen molar-refractivity contribution in [2.45, 2.75) is 57.8 Å². The number of hydrogen-bond acceptors (Lipinski definition) is 3. The summed E-state index contributed by atoms with van der Waals surface area (Å²) < 4.78 is 14.2. The highest BCUT2D eigenvalue weighted by atomic mass is 16.7. The first-order chi connectivity index (χ1) is 9.39. The Kier molecular flexibility index (Phi) is 3.43. The molecule has 2 aliphatic rings. The lowest BCUT2D eigenvalue weighted by atomic mass is 9.82. The zero-order valence-electron chi connectivity index (χ0n) is 12.9. The van der Waals surface area contributed by atoms with Crippen molar-refractivity contribution < 1.29 is 14.6 Å². The molecule has 6 heteroatoms. The Morgan fingerprint density at radius 1 is 1.20 bits per heavy atom. The number of quaternary nitrogens is 1. The highest BCUT2D eigenvalue weighted by Gasteiger charge is 2.52. The van der Waals surface area contributed by atoms with Gasteiger partial charge in [0.2, 0.25) is 0 Å². The fraction of sp³-hybridized carbons (Fsp3) is 0.786. The SMILES string of the molecule is CC1(C)OB(c2cnn(C3CC[NH2+]CC3)c2)OC1(C)C. The Morgan fingerprint density at radius 2 is 1.80 bits per heavy atom. The van der Waals surface area contributed by atoms with Crippen molar-refractivity contribution in [1.82, 2.24) is 9.78 Å². The number of nitrogens with zero attached hydrogens (tertiary/aromatic N) is 2. The maximum absolute atomic E-state index is 6.07. The van der Waals surface area contributed by atoms with Gasteiger partial charge in [-0.05, 0) is 27.7 Å². The smallest absolute Gasteiger partial charge is 0.399 e. The topological polar surface area (TPSA) is 52.9 Å². The van der Waals surface area contributed by atoms with Crippen LogP contribution in [0, 0.1) is 0 Å². The van der Waals surface area contributed by atoms with Crippen LogP contribution in [-0.4, -0.2) is 41.2 Å². The minimum absolute atomic E-state index is 0.292. The van der Waals surface area contributed by atoms with Gasteiger partial charge in [0.15, 0.2) is 0 Å². The van der Waals surface area contributed by atoms with Crippen molar-refractivity contribution in [3.8, 4) is 0 Å². The standard InChI is InChI=1S/C14H24BN3O2/c1-13(2)14(3,4)20-15(19-13)11-9-17-18(10-11)12-5-7-16-8-6-12/h9-10,12,16H,5-8H2,1-4H3/p+1. The normalized spacial score (nSPS) is 26.1. The van der Waals surface area contributed by atoms with Gasteiger partial charge >= 0.3 is 7.12 Å². The minimum Gasteiger partial charge on any atom is -0.399 e. The Morgan fingerprint density at radius 3 is 2.40 bits per heavy atom. The summed E-state index contributed by atoms with van der Waals surface area (Å²) in [5.74, 6) is 0. The molecule has 5 nitrogen and oxygen atoms in total. The van der Waals surface area contributed by atoms with Gasteiger partial charge in [-0.1, -0.05) is 0 Å². The largest absolute Gasteiger partial charge is 0.498 e. The van der Waals surface area contributed by atoms with Gasteiger partial charge in [0.1, 0.15) is 0 Å². The Labute approximate surface area is 121 Å². The molecule has 3 rings (SSSR count). The van der Waals surface area contributed by atoms with E-state index in [-0.39, 0.29) is 18.3 Å². The molecule has 0 atom stereocenters. The van der Waals surface area contributed by atoms with E-state index in [9.17, 15) is 0 Å². The van der Waals surface area contributed by atoms with Crippen LogP contribution >= 0.6 is 0 Å². The van der Waals surface area contributed by atoms with Gasteiger partial charge in [-0.2, -0.15) is 5.10 Å². The Hall–Kier alpha value is -0.845. The molecule has 2 saturated heterocycles. The number of rotatable bonds is 2. The van der Waals surface area contributed by atoms with Gasteiger partial charge in [-0.3, -0.25) is 4.68 Å². The average molecular weight is 278 g/mol. The monoisotopic (exact) mass is 278 g/mol. The van der Waals surface area contributed by atoms with Gasteiger partial charge in [0.25, 0.3) is 0 Å². The molecule has 0 unspecified atom stereocenters. The molecule has 0 saturated carbocycles. The lowest BCUT2D eigenvalue weighted by molar-refractivity contribution is -0.664. The van der Waals surface area contributed by atoms with E-state index in [1.165, 1.54) is 25.9 Å². The van der Waals surface area contributed by atoms with E-state index in [0.29, 0.717) is 6.04 Å². The van der Waals surface area contributed by atoms with E-state index in [0.717, 1.165) is 5.46 Å². The minimum atomic E-state index is -0.302. The van der Waals surface area contributed by atoms with E-state index in [1.54, 1.807) is 0 Å². The Balaban J connectivity index is 1.74. The van der Waals surface area contributed by atoms with E-state index >= 15 is 0 Å². The molecule has 0 aliphatic carbocycles. The van der Waals surface area contributed by atoms with Gasteiger partial charge in [0.05, 0.1) is 30.3 Å². The van der Waals surface area contributed by atoms with Gasteiger partial charge in [0, 0.05) is 30.7 Å². The second-order valence-electron chi connectivity index (χ2n) is 6.94. The van der Waals surface area contributed by atoms with E-state index in [2.05, 4.69) is 49.0 Å². The van der Waals surface area contributed by atoms with Gasteiger partial charge in [-0.15, -0.1) is 0 Å². The molecule has 1 aromatic rings. The lowest BCUT2D eigenvalue weighted by Crippen LogP contribution is -2.86. The van der Waals surface area contributed by atoms with Crippen molar-refractivity contribution in [2.75, 3.05) is 13.1 Å². The van der Waals surface area contributed by atoms with Crippen LogP contribution in [0.25, 0.3) is 0 Å². The van der Waals surface area contributed by atoms with E-state index in [4.69, 9.17) is 9.31 Å². The van der Waals surface area contributed by atoms with Crippen LogP contribution < -0.4 is 10.8 Å². The third kappa shape index (κ3) is 2.40. The Bertz CT molecular complexity index is 465. The second kappa shape index (κ2) is 4.86. The van der Waals surface area contributed by atoms with E-state index in [1.807, 2.05) is 6.20 Å². The van der Waals surface area contributed by atoms with Crippen molar-refractivity contribution in [1.29, 1.82) is 0 Å². The molecular weight excluding hydrogens is 253 g/mol. The predicted octanol–water partition coefficient (Wildman–Crippen LogP) is 0.0806. The molecule has 2 aliphatic heterocycles. The van der Waals surface area contributed by atoms with Crippen molar-refractivity contribution in [2.24, 2.45) is 0 Å². The molecule has 0 aromatic carbocycles. The van der Waals surface area contributed by atoms with E-state index < -0.39 is 0 Å². The molecule has 0 radical (unpaired) electrons. The van der Waals surface area contributed by atoms with Crippen LogP contribution in [-0.2, 0) is 9.31 Å². The summed E-state index contributed by atoms with van der Waals surface area (Å²) in [7, 11) is -0.302.